The molecule has 132 valence electrons. The van der Waals surface area contributed by atoms with Crippen molar-refractivity contribution < 1.29 is 9.59 Å². The number of fused-ring (bicyclic) bond motifs is 1. The summed E-state index contributed by atoms with van der Waals surface area (Å²) in [6.45, 7) is 2.67. The number of hydrogen-bond donors (Lipinski definition) is 2. The number of rotatable bonds is 2. The van der Waals surface area contributed by atoms with E-state index < -0.39 is 5.41 Å². The van der Waals surface area contributed by atoms with Crippen LogP contribution in [0, 0.1) is 11.3 Å². The molecule has 0 spiro atoms. The van der Waals surface area contributed by atoms with E-state index >= 15 is 0 Å². The summed E-state index contributed by atoms with van der Waals surface area (Å²) >= 11 is 0. The predicted molar refractivity (Wildman–Crippen MR) is 96.9 cm³/mol. The zero-order chi connectivity index (χ0) is 17.6. The number of nitrogens with one attached hydrogen (secondary N) is 2. The maximum Gasteiger partial charge on any atom is 0.226 e. The molecule has 4 rings (SSSR count). The summed E-state index contributed by atoms with van der Waals surface area (Å²) in [4.78, 5) is 25.2. The van der Waals surface area contributed by atoms with Crippen molar-refractivity contribution in [1.82, 2.24) is 15.2 Å². The first kappa shape index (κ1) is 16.2. The minimum absolute atomic E-state index is 0.0176. The highest BCUT2D eigenvalue weighted by Crippen LogP contribution is 2.42. The average molecular weight is 339 g/mol. The second kappa shape index (κ2) is 5.90. The summed E-state index contributed by atoms with van der Waals surface area (Å²) in [5, 5.41) is 7.30. The van der Waals surface area contributed by atoms with Gasteiger partial charge < -0.3 is 15.2 Å². The molecule has 5 heteroatoms. The van der Waals surface area contributed by atoms with Crippen molar-refractivity contribution >= 4 is 22.7 Å². The first-order valence-electron chi connectivity index (χ1n) is 9.13. The summed E-state index contributed by atoms with van der Waals surface area (Å²) in [6, 6.07) is 8.50. The molecular formula is C20H25N3O2. The number of aromatic nitrogens is 1. The van der Waals surface area contributed by atoms with Crippen LogP contribution in [0.1, 0.15) is 44.2 Å². The van der Waals surface area contributed by atoms with Crippen molar-refractivity contribution in [2.75, 3.05) is 6.54 Å². The number of carbonyl (C=O) groups excluding carboxylic acids is 2. The fourth-order valence-electron chi connectivity index (χ4n) is 4.49. The Morgan fingerprint density at radius 2 is 2.04 bits per heavy atom. The van der Waals surface area contributed by atoms with Gasteiger partial charge in [0.05, 0.1) is 17.4 Å². The van der Waals surface area contributed by atoms with Gasteiger partial charge in [0.15, 0.2) is 0 Å². The highest BCUT2D eigenvalue weighted by molar-refractivity contribution is 5.91. The Morgan fingerprint density at radius 1 is 1.20 bits per heavy atom. The molecule has 2 aliphatic heterocycles. The summed E-state index contributed by atoms with van der Waals surface area (Å²) < 4.78 is 2.09. The molecule has 2 aromatic rings. The Balaban J connectivity index is 1.54. The summed E-state index contributed by atoms with van der Waals surface area (Å²) in [5.41, 5.74) is 1.76. The standard InChI is InChI=1S/C20H25N3O2/c1-20(9-3-10-21-19(20)25)15-5-6-16(22-18(15)24)13-4-7-17-14(12-13)8-11-23(17)2/h4,7-8,11-12,15-16H,3,5-6,9-10H2,1-2H3,(H,21,25)(H,22,24)/t15?,16?,20-/m1/s1. The van der Waals surface area contributed by atoms with Gasteiger partial charge >= 0.3 is 0 Å². The van der Waals surface area contributed by atoms with E-state index in [1.807, 2.05) is 20.2 Å². The van der Waals surface area contributed by atoms with E-state index in [1.54, 1.807) is 0 Å². The van der Waals surface area contributed by atoms with Crippen molar-refractivity contribution in [3.63, 3.8) is 0 Å². The fourth-order valence-corrected chi connectivity index (χ4v) is 4.49. The molecule has 2 amide bonds. The van der Waals surface area contributed by atoms with Crippen LogP contribution in [0.25, 0.3) is 10.9 Å². The summed E-state index contributed by atoms with van der Waals surface area (Å²) in [7, 11) is 2.03. The highest BCUT2D eigenvalue weighted by Gasteiger charge is 2.48. The van der Waals surface area contributed by atoms with Crippen LogP contribution in [-0.4, -0.2) is 22.9 Å². The van der Waals surface area contributed by atoms with Crippen LogP contribution < -0.4 is 10.6 Å². The molecule has 3 atom stereocenters. The molecular weight excluding hydrogens is 314 g/mol. The largest absolute Gasteiger partial charge is 0.356 e. The quantitative estimate of drug-likeness (QED) is 0.883. The van der Waals surface area contributed by atoms with E-state index in [2.05, 4.69) is 39.5 Å². The molecule has 25 heavy (non-hydrogen) atoms. The van der Waals surface area contributed by atoms with Crippen molar-refractivity contribution in [2.45, 2.75) is 38.6 Å². The number of benzene rings is 1. The average Bonchev–Trinajstić information content (AvgIpc) is 2.98. The van der Waals surface area contributed by atoms with Crippen molar-refractivity contribution in [3.05, 3.63) is 36.0 Å². The summed E-state index contributed by atoms with van der Waals surface area (Å²) in [6.07, 6.45) is 5.41. The number of amides is 2. The monoisotopic (exact) mass is 339 g/mol. The van der Waals surface area contributed by atoms with Gasteiger partial charge in [-0.1, -0.05) is 6.07 Å². The molecule has 0 aliphatic carbocycles. The van der Waals surface area contributed by atoms with Gasteiger partial charge in [-0.2, -0.15) is 0 Å². The predicted octanol–water partition coefficient (Wildman–Crippen LogP) is 2.66. The molecule has 1 aromatic heterocycles. The van der Waals surface area contributed by atoms with Crippen molar-refractivity contribution in [1.29, 1.82) is 0 Å². The number of aryl methyl sites for hydroxylation is 1. The second-order valence-corrected chi connectivity index (χ2v) is 7.71. The van der Waals surface area contributed by atoms with E-state index in [0.717, 1.165) is 37.8 Å². The molecule has 0 bridgehead atoms. The molecule has 5 nitrogen and oxygen atoms in total. The van der Waals surface area contributed by atoms with Gasteiger partial charge in [0, 0.05) is 25.3 Å². The zero-order valence-electron chi connectivity index (χ0n) is 14.8. The Morgan fingerprint density at radius 3 is 2.80 bits per heavy atom. The third kappa shape index (κ3) is 2.62. The molecule has 2 saturated heterocycles. The lowest BCUT2D eigenvalue weighted by atomic mass is 9.67. The van der Waals surface area contributed by atoms with E-state index in [4.69, 9.17) is 0 Å². The molecule has 2 aliphatic rings. The van der Waals surface area contributed by atoms with Gasteiger partial charge in [-0.3, -0.25) is 9.59 Å². The third-order valence-electron chi connectivity index (χ3n) is 6.13. The normalized spacial score (nSPS) is 30.2. The van der Waals surface area contributed by atoms with Gasteiger partial charge in [-0.05, 0) is 61.8 Å². The molecule has 1 aromatic carbocycles. The Bertz CT molecular complexity index is 841. The molecule has 0 saturated carbocycles. The Labute approximate surface area is 147 Å². The second-order valence-electron chi connectivity index (χ2n) is 7.71. The number of carbonyl (C=O) groups is 2. The number of piperidine rings is 2. The first-order chi connectivity index (χ1) is 12.0. The Hall–Kier alpha value is -2.30. The van der Waals surface area contributed by atoms with Crippen LogP contribution in [0.2, 0.25) is 0 Å². The molecule has 2 N–H and O–H groups in total. The topological polar surface area (TPSA) is 63.1 Å². The maximum absolute atomic E-state index is 12.8. The molecule has 2 unspecified atom stereocenters. The van der Waals surface area contributed by atoms with Gasteiger partial charge in [0.2, 0.25) is 11.8 Å². The van der Waals surface area contributed by atoms with Crippen LogP contribution >= 0.6 is 0 Å². The van der Waals surface area contributed by atoms with Crippen molar-refractivity contribution in [3.8, 4) is 0 Å². The number of nitrogens with zero attached hydrogens (tertiary/aromatic N) is 1. The van der Waals surface area contributed by atoms with Gasteiger partial charge in [-0.25, -0.2) is 0 Å². The lowest BCUT2D eigenvalue weighted by Crippen LogP contribution is -2.54. The van der Waals surface area contributed by atoms with Crippen LogP contribution in [0.4, 0.5) is 0 Å². The first-order valence-corrected chi connectivity index (χ1v) is 9.13. The minimum Gasteiger partial charge on any atom is -0.356 e. The highest BCUT2D eigenvalue weighted by atomic mass is 16.2. The fraction of sp³-hybridized carbons (Fsp3) is 0.500. The van der Waals surface area contributed by atoms with E-state index in [0.29, 0.717) is 0 Å². The maximum atomic E-state index is 12.8. The van der Waals surface area contributed by atoms with Gasteiger partial charge in [0.1, 0.15) is 0 Å². The van der Waals surface area contributed by atoms with E-state index in [1.165, 1.54) is 10.9 Å². The van der Waals surface area contributed by atoms with Gasteiger partial charge in [-0.15, -0.1) is 0 Å². The third-order valence-corrected chi connectivity index (χ3v) is 6.13. The van der Waals surface area contributed by atoms with Crippen molar-refractivity contribution in [2.24, 2.45) is 18.4 Å². The Kier molecular flexibility index (Phi) is 3.82. The molecule has 2 fully saturated rings. The van der Waals surface area contributed by atoms with Crippen LogP contribution in [0.15, 0.2) is 30.5 Å². The van der Waals surface area contributed by atoms with Gasteiger partial charge in [0.25, 0.3) is 0 Å². The smallest absolute Gasteiger partial charge is 0.226 e. The minimum atomic E-state index is -0.573. The molecule has 3 heterocycles. The lowest BCUT2D eigenvalue weighted by Gasteiger charge is -2.42. The SMILES string of the molecule is Cn1ccc2cc(C3CCC([C@@]4(C)CCCNC4=O)C(=O)N3)ccc21. The van der Waals surface area contributed by atoms with E-state index in [-0.39, 0.29) is 23.8 Å². The zero-order valence-corrected chi connectivity index (χ0v) is 14.8. The van der Waals surface area contributed by atoms with Crippen LogP contribution in [0.5, 0.6) is 0 Å². The lowest BCUT2D eigenvalue weighted by molar-refractivity contribution is -0.146. The number of hydrogen-bond acceptors (Lipinski definition) is 2. The summed E-state index contributed by atoms with van der Waals surface area (Å²) in [5.74, 6) is -0.184. The van der Waals surface area contributed by atoms with Crippen LogP contribution in [0.3, 0.4) is 0 Å². The van der Waals surface area contributed by atoms with E-state index in [9.17, 15) is 9.59 Å². The van der Waals surface area contributed by atoms with Crippen LogP contribution in [-0.2, 0) is 16.6 Å². The molecule has 0 radical (unpaired) electrons.